The second kappa shape index (κ2) is 4.06. The van der Waals surface area contributed by atoms with Gasteiger partial charge in [0.05, 0.1) is 10.7 Å². The first-order chi connectivity index (χ1) is 6.13. The summed E-state index contributed by atoms with van der Waals surface area (Å²) in [4.78, 5) is 3.61. The molecule has 0 heterocycles. The summed E-state index contributed by atoms with van der Waals surface area (Å²) >= 11 is 5.43. The molecule has 70 valence electrons. The van der Waals surface area contributed by atoms with Crippen LogP contribution in [0.2, 0.25) is 5.02 Å². The van der Waals surface area contributed by atoms with E-state index in [1.165, 1.54) is 12.1 Å². The summed E-state index contributed by atoms with van der Waals surface area (Å²) in [6, 6.07) is 3.92. The molecule has 0 aliphatic rings. The van der Waals surface area contributed by atoms with E-state index >= 15 is 0 Å². The largest absolute Gasteiger partial charge is 0.368 e. The highest BCUT2D eigenvalue weighted by Crippen LogP contribution is 2.20. The van der Waals surface area contributed by atoms with E-state index in [4.69, 9.17) is 22.5 Å². The summed E-state index contributed by atoms with van der Waals surface area (Å²) in [6.45, 7) is 0. The van der Waals surface area contributed by atoms with E-state index in [2.05, 4.69) is 4.99 Å². The van der Waals surface area contributed by atoms with Crippen LogP contribution >= 0.6 is 11.6 Å². The van der Waals surface area contributed by atoms with E-state index < -0.39 is 5.82 Å². The zero-order chi connectivity index (χ0) is 9.84. The summed E-state index contributed by atoms with van der Waals surface area (Å²) in [5, 5.41) is 8.30. The Morgan fingerprint density at radius 2 is 2.31 bits per heavy atom. The van der Waals surface area contributed by atoms with Crippen LogP contribution in [0.1, 0.15) is 0 Å². The van der Waals surface area contributed by atoms with Crippen LogP contribution in [-0.4, -0.2) is 11.2 Å². The van der Waals surface area contributed by atoms with Crippen LogP contribution < -0.4 is 11.2 Å². The number of aliphatic imine (C=N–C) groups is 1. The number of hydrogen-bond donors (Lipinski definition) is 3. The molecule has 0 amide bonds. The fourth-order valence-corrected chi connectivity index (χ4v) is 0.836. The molecule has 0 aromatic heterocycles. The summed E-state index contributed by atoms with van der Waals surface area (Å²) in [7, 11) is 0. The first-order valence-corrected chi connectivity index (χ1v) is 3.70. The Balaban J connectivity index is 2.98. The van der Waals surface area contributed by atoms with Gasteiger partial charge in [-0.3, -0.25) is 5.21 Å². The summed E-state index contributed by atoms with van der Waals surface area (Å²) < 4.78 is 12.8. The van der Waals surface area contributed by atoms with Crippen LogP contribution in [0.5, 0.6) is 0 Å². The molecule has 1 aromatic rings. The highest BCUT2D eigenvalue weighted by atomic mass is 35.5. The number of rotatable bonds is 1. The third kappa shape index (κ3) is 2.57. The number of hydroxylamine groups is 1. The molecule has 13 heavy (non-hydrogen) atoms. The lowest BCUT2D eigenvalue weighted by Gasteiger charge is -1.98. The number of guanidine groups is 1. The average Bonchev–Trinajstić information content (AvgIpc) is 2.11. The van der Waals surface area contributed by atoms with Gasteiger partial charge in [-0.15, -0.1) is 0 Å². The number of benzene rings is 1. The Morgan fingerprint density at radius 1 is 1.62 bits per heavy atom. The van der Waals surface area contributed by atoms with E-state index in [-0.39, 0.29) is 16.7 Å². The molecule has 0 saturated carbocycles. The van der Waals surface area contributed by atoms with Crippen molar-refractivity contribution in [3.05, 3.63) is 29.0 Å². The van der Waals surface area contributed by atoms with Gasteiger partial charge in [0, 0.05) is 6.07 Å². The quantitative estimate of drug-likeness (QED) is 0.367. The highest BCUT2D eigenvalue weighted by molar-refractivity contribution is 6.30. The molecular weight excluding hydrogens is 197 g/mol. The average molecular weight is 204 g/mol. The van der Waals surface area contributed by atoms with Crippen molar-refractivity contribution in [2.45, 2.75) is 0 Å². The van der Waals surface area contributed by atoms with Crippen molar-refractivity contribution in [1.29, 1.82) is 0 Å². The fraction of sp³-hybridized carbons (Fsp3) is 0. The summed E-state index contributed by atoms with van der Waals surface area (Å²) in [5.41, 5.74) is 7.01. The zero-order valence-corrected chi connectivity index (χ0v) is 7.22. The highest BCUT2D eigenvalue weighted by Gasteiger charge is 1.99. The minimum atomic E-state index is -0.589. The zero-order valence-electron chi connectivity index (χ0n) is 6.46. The molecule has 0 spiro atoms. The Kier molecular flexibility index (Phi) is 3.05. The third-order valence-electron chi connectivity index (χ3n) is 1.27. The lowest BCUT2D eigenvalue weighted by Crippen LogP contribution is -2.27. The van der Waals surface area contributed by atoms with Gasteiger partial charge >= 0.3 is 0 Å². The van der Waals surface area contributed by atoms with Crippen molar-refractivity contribution < 1.29 is 9.60 Å². The SMILES string of the molecule is NC(=Nc1ccc(Cl)c(F)c1)NO. The van der Waals surface area contributed by atoms with Gasteiger partial charge in [-0.2, -0.15) is 0 Å². The van der Waals surface area contributed by atoms with Crippen LogP contribution in [0.15, 0.2) is 23.2 Å². The maximum Gasteiger partial charge on any atom is 0.218 e. The second-order valence-electron chi connectivity index (χ2n) is 2.21. The van der Waals surface area contributed by atoms with E-state index in [0.29, 0.717) is 0 Å². The number of hydrogen-bond acceptors (Lipinski definition) is 2. The molecule has 6 heteroatoms. The molecule has 0 aliphatic heterocycles. The Hall–Kier alpha value is -1.33. The molecule has 0 saturated heterocycles. The lowest BCUT2D eigenvalue weighted by molar-refractivity contribution is 0.233. The predicted octanol–water partition coefficient (Wildman–Crippen LogP) is 1.40. The van der Waals surface area contributed by atoms with Crippen molar-refractivity contribution >= 4 is 23.2 Å². The second-order valence-corrected chi connectivity index (χ2v) is 2.61. The van der Waals surface area contributed by atoms with Crippen LogP contribution in [0, 0.1) is 5.82 Å². The van der Waals surface area contributed by atoms with Crippen LogP contribution in [0.4, 0.5) is 10.1 Å². The van der Waals surface area contributed by atoms with E-state index in [1.54, 1.807) is 5.48 Å². The normalized spacial score (nSPS) is 11.5. The van der Waals surface area contributed by atoms with Gasteiger partial charge in [-0.05, 0) is 12.1 Å². The van der Waals surface area contributed by atoms with E-state index in [1.807, 2.05) is 0 Å². The molecule has 0 atom stereocenters. The fourth-order valence-electron chi connectivity index (χ4n) is 0.719. The molecule has 0 fully saturated rings. The van der Waals surface area contributed by atoms with Crippen molar-refractivity contribution in [1.82, 2.24) is 5.48 Å². The number of nitrogens with zero attached hydrogens (tertiary/aromatic N) is 1. The van der Waals surface area contributed by atoms with Crippen molar-refractivity contribution in [2.75, 3.05) is 0 Å². The molecule has 1 rings (SSSR count). The molecule has 0 radical (unpaired) electrons. The number of nitrogens with one attached hydrogen (secondary N) is 1. The van der Waals surface area contributed by atoms with Gasteiger partial charge in [0.1, 0.15) is 5.82 Å². The maximum atomic E-state index is 12.8. The summed E-state index contributed by atoms with van der Waals surface area (Å²) in [5.74, 6) is -0.810. The minimum absolute atomic E-state index is 0.00878. The van der Waals surface area contributed by atoms with Crippen molar-refractivity contribution in [3.63, 3.8) is 0 Å². The summed E-state index contributed by atoms with van der Waals surface area (Å²) in [6.07, 6.45) is 0. The minimum Gasteiger partial charge on any atom is -0.368 e. The van der Waals surface area contributed by atoms with E-state index in [9.17, 15) is 4.39 Å². The van der Waals surface area contributed by atoms with Gasteiger partial charge < -0.3 is 5.73 Å². The monoisotopic (exact) mass is 203 g/mol. The van der Waals surface area contributed by atoms with Crippen molar-refractivity contribution in [2.24, 2.45) is 10.7 Å². The van der Waals surface area contributed by atoms with Crippen LogP contribution in [0.3, 0.4) is 0 Å². The van der Waals surface area contributed by atoms with Gasteiger partial charge in [-0.1, -0.05) is 11.6 Å². The molecule has 4 nitrogen and oxygen atoms in total. The lowest BCUT2D eigenvalue weighted by atomic mass is 10.3. The standard InChI is InChI=1S/C7H7ClFN3O/c8-5-2-1-4(3-6(5)9)11-7(10)12-13/h1-3,13H,(H3,10,11,12). The maximum absolute atomic E-state index is 12.8. The number of nitrogens with two attached hydrogens (primary N) is 1. The molecule has 0 unspecified atom stereocenters. The Morgan fingerprint density at radius 3 is 2.85 bits per heavy atom. The molecule has 0 aliphatic carbocycles. The van der Waals surface area contributed by atoms with Gasteiger partial charge in [0.2, 0.25) is 5.96 Å². The first-order valence-electron chi connectivity index (χ1n) is 3.33. The third-order valence-corrected chi connectivity index (χ3v) is 1.57. The smallest absolute Gasteiger partial charge is 0.218 e. The Bertz CT molecular complexity index is 343. The van der Waals surface area contributed by atoms with Gasteiger partial charge in [-0.25, -0.2) is 14.9 Å². The topological polar surface area (TPSA) is 70.6 Å². The Labute approximate surface area is 78.8 Å². The van der Waals surface area contributed by atoms with Crippen LogP contribution in [0.25, 0.3) is 0 Å². The molecular formula is C7H7ClFN3O. The van der Waals surface area contributed by atoms with Crippen molar-refractivity contribution in [3.8, 4) is 0 Å². The molecule has 4 N–H and O–H groups in total. The predicted molar refractivity (Wildman–Crippen MR) is 47.6 cm³/mol. The van der Waals surface area contributed by atoms with Gasteiger partial charge in [0.15, 0.2) is 0 Å². The molecule has 0 bridgehead atoms. The first kappa shape index (κ1) is 9.76. The molecule has 1 aromatic carbocycles. The van der Waals surface area contributed by atoms with Crippen LogP contribution in [-0.2, 0) is 0 Å². The van der Waals surface area contributed by atoms with Gasteiger partial charge in [0.25, 0.3) is 0 Å². The van der Waals surface area contributed by atoms with E-state index in [0.717, 1.165) is 6.07 Å². The number of halogens is 2.